The zero-order chi connectivity index (χ0) is 10.7. The topological polar surface area (TPSA) is 42.2 Å². The molecule has 0 atom stereocenters. The van der Waals surface area contributed by atoms with Crippen molar-refractivity contribution in [1.29, 1.82) is 0 Å². The first-order chi connectivity index (χ1) is 7.25. The fourth-order valence-electron chi connectivity index (χ4n) is 1.25. The predicted molar refractivity (Wildman–Crippen MR) is 65.6 cm³/mol. The molecule has 2 aromatic rings. The van der Waals surface area contributed by atoms with E-state index in [9.17, 15) is 0 Å². The number of anilines is 1. The SMILES string of the molecule is CN(Cc1nnco1)c1ccc(I)cc1. The molecule has 0 N–H and O–H groups in total. The highest BCUT2D eigenvalue weighted by Gasteiger charge is 2.05. The van der Waals surface area contributed by atoms with Gasteiger partial charge in [-0.2, -0.15) is 0 Å². The van der Waals surface area contributed by atoms with Gasteiger partial charge in [0.1, 0.15) is 0 Å². The highest BCUT2D eigenvalue weighted by atomic mass is 127. The number of halogens is 1. The second-order valence-electron chi connectivity index (χ2n) is 3.16. The second kappa shape index (κ2) is 4.61. The fourth-order valence-corrected chi connectivity index (χ4v) is 1.61. The molecule has 0 unspecified atom stereocenters. The quantitative estimate of drug-likeness (QED) is 0.815. The van der Waals surface area contributed by atoms with Gasteiger partial charge in [-0.1, -0.05) is 0 Å². The molecule has 0 aliphatic heterocycles. The van der Waals surface area contributed by atoms with Gasteiger partial charge in [-0.3, -0.25) is 0 Å². The van der Waals surface area contributed by atoms with Gasteiger partial charge in [0.15, 0.2) is 0 Å². The van der Waals surface area contributed by atoms with Gasteiger partial charge in [0.2, 0.25) is 12.3 Å². The fraction of sp³-hybridized carbons (Fsp3) is 0.200. The maximum atomic E-state index is 5.08. The summed E-state index contributed by atoms with van der Waals surface area (Å²) < 4.78 is 6.31. The first-order valence-electron chi connectivity index (χ1n) is 4.47. The maximum Gasteiger partial charge on any atom is 0.235 e. The average molecular weight is 315 g/mol. The Kier molecular flexibility index (Phi) is 3.20. The van der Waals surface area contributed by atoms with Crippen LogP contribution in [0, 0.1) is 3.57 Å². The van der Waals surface area contributed by atoms with Crippen molar-refractivity contribution < 1.29 is 4.42 Å². The van der Waals surface area contributed by atoms with Gasteiger partial charge in [0.05, 0.1) is 6.54 Å². The van der Waals surface area contributed by atoms with Crippen LogP contribution in [0.25, 0.3) is 0 Å². The van der Waals surface area contributed by atoms with Crippen molar-refractivity contribution in [3.8, 4) is 0 Å². The molecule has 1 heterocycles. The van der Waals surface area contributed by atoms with Crippen LogP contribution in [0.1, 0.15) is 5.89 Å². The van der Waals surface area contributed by atoms with E-state index in [4.69, 9.17) is 4.42 Å². The number of hydrogen-bond donors (Lipinski definition) is 0. The summed E-state index contributed by atoms with van der Waals surface area (Å²) in [6.45, 7) is 0.626. The molecule has 5 heteroatoms. The summed E-state index contributed by atoms with van der Waals surface area (Å²) in [6.07, 6.45) is 1.34. The van der Waals surface area contributed by atoms with Crippen molar-refractivity contribution in [2.24, 2.45) is 0 Å². The Balaban J connectivity index is 2.08. The Bertz CT molecular complexity index is 413. The van der Waals surface area contributed by atoms with E-state index in [1.165, 1.54) is 9.96 Å². The van der Waals surface area contributed by atoms with E-state index < -0.39 is 0 Å². The third-order valence-electron chi connectivity index (χ3n) is 2.04. The van der Waals surface area contributed by atoms with Gasteiger partial charge in [-0.05, 0) is 46.9 Å². The molecule has 0 amide bonds. The van der Waals surface area contributed by atoms with E-state index in [2.05, 4.69) is 62.0 Å². The van der Waals surface area contributed by atoms with Crippen LogP contribution < -0.4 is 4.90 Å². The van der Waals surface area contributed by atoms with Gasteiger partial charge in [-0.15, -0.1) is 10.2 Å². The van der Waals surface area contributed by atoms with Crippen molar-refractivity contribution >= 4 is 28.3 Å². The molecular formula is C10H10IN3O. The number of benzene rings is 1. The Morgan fingerprint density at radius 1 is 1.33 bits per heavy atom. The number of rotatable bonds is 3. The molecule has 0 fully saturated rings. The molecule has 1 aromatic heterocycles. The van der Waals surface area contributed by atoms with E-state index in [-0.39, 0.29) is 0 Å². The molecule has 0 saturated heterocycles. The summed E-state index contributed by atoms with van der Waals surface area (Å²) in [7, 11) is 1.99. The van der Waals surface area contributed by atoms with Gasteiger partial charge in [0.25, 0.3) is 0 Å². The summed E-state index contributed by atoms with van der Waals surface area (Å²) in [5, 5.41) is 7.48. The summed E-state index contributed by atoms with van der Waals surface area (Å²) in [5.74, 6) is 0.621. The third kappa shape index (κ3) is 2.68. The first-order valence-corrected chi connectivity index (χ1v) is 5.55. The number of nitrogens with zero attached hydrogens (tertiary/aromatic N) is 3. The zero-order valence-electron chi connectivity index (χ0n) is 8.22. The van der Waals surface area contributed by atoms with E-state index >= 15 is 0 Å². The van der Waals surface area contributed by atoms with E-state index in [1.807, 2.05) is 7.05 Å². The van der Waals surface area contributed by atoms with Crippen molar-refractivity contribution in [2.75, 3.05) is 11.9 Å². The zero-order valence-corrected chi connectivity index (χ0v) is 10.4. The molecule has 0 bridgehead atoms. The Morgan fingerprint density at radius 2 is 2.07 bits per heavy atom. The van der Waals surface area contributed by atoms with Crippen LogP contribution in [-0.2, 0) is 6.54 Å². The number of aromatic nitrogens is 2. The molecule has 0 spiro atoms. The van der Waals surface area contributed by atoms with Crippen molar-refractivity contribution in [3.63, 3.8) is 0 Å². The molecular weight excluding hydrogens is 305 g/mol. The summed E-state index contributed by atoms with van der Waals surface area (Å²) in [6, 6.07) is 8.27. The second-order valence-corrected chi connectivity index (χ2v) is 4.41. The van der Waals surface area contributed by atoms with Crippen LogP contribution in [0.5, 0.6) is 0 Å². The van der Waals surface area contributed by atoms with Gasteiger partial charge >= 0.3 is 0 Å². The predicted octanol–water partition coefficient (Wildman–Crippen LogP) is 2.31. The lowest BCUT2D eigenvalue weighted by atomic mass is 10.3. The normalized spacial score (nSPS) is 10.3. The minimum absolute atomic E-state index is 0.621. The van der Waals surface area contributed by atoms with Crippen LogP contribution in [-0.4, -0.2) is 17.2 Å². The lowest BCUT2D eigenvalue weighted by Crippen LogP contribution is -2.16. The highest BCUT2D eigenvalue weighted by molar-refractivity contribution is 14.1. The van der Waals surface area contributed by atoms with Crippen molar-refractivity contribution in [2.45, 2.75) is 6.54 Å². The van der Waals surface area contributed by atoms with Crippen LogP contribution in [0.2, 0.25) is 0 Å². The smallest absolute Gasteiger partial charge is 0.235 e. The van der Waals surface area contributed by atoms with Crippen molar-refractivity contribution in [1.82, 2.24) is 10.2 Å². The van der Waals surface area contributed by atoms with Gasteiger partial charge < -0.3 is 9.32 Å². The van der Waals surface area contributed by atoms with Crippen LogP contribution in [0.4, 0.5) is 5.69 Å². The monoisotopic (exact) mass is 315 g/mol. The van der Waals surface area contributed by atoms with Gasteiger partial charge in [0, 0.05) is 16.3 Å². The lowest BCUT2D eigenvalue weighted by molar-refractivity contribution is 0.491. The number of hydrogen-bond acceptors (Lipinski definition) is 4. The van der Waals surface area contributed by atoms with Gasteiger partial charge in [-0.25, -0.2) is 0 Å². The minimum Gasteiger partial charge on any atom is -0.426 e. The van der Waals surface area contributed by atoms with Crippen LogP contribution in [0.3, 0.4) is 0 Å². The largest absolute Gasteiger partial charge is 0.426 e. The Hall–Kier alpha value is -1.11. The Labute approximate surface area is 101 Å². The maximum absolute atomic E-state index is 5.08. The highest BCUT2D eigenvalue weighted by Crippen LogP contribution is 2.16. The van der Waals surface area contributed by atoms with E-state index in [0.717, 1.165) is 5.69 Å². The molecule has 4 nitrogen and oxygen atoms in total. The van der Waals surface area contributed by atoms with Crippen LogP contribution in [0.15, 0.2) is 35.1 Å². The third-order valence-corrected chi connectivity index (χ3v) is 2.76. The summed E-state index contributed by atoms with van der Waals surface area (Å²) >= 11 is 2.28. The van der Waals surface area contributed by atoms with E-state index in [1.54, 1.807) is 0 Å². The van der Waals surface area contributed by atoms with E-state index in [0.29, 0.717) is 12.4 Å². The first kappa shape index (κ1) is 10.4. The summed E-state index contributed by atoms with van der Waals surface area (Å²) in [5.41, 5.74) is 1.13. The molecule has 0 radical (unpaired) electrons. The van der Waals surface area contributed by atoms with Crippen molar-refractivity contribution in [3.05, 3.63) is 40.1 Å². The lowest BCUT2D eigenvalue weighted by Gasteiger charge is -2.16. The molecule has 1 aromatic carbocycles. The molecule has 78 valence electrons. The molecule has 0 aliphatic rings. The van der Waals surface area contributed by atoms with Crippen LogP contribution >= 0.6 is 22.6 Å². The molecule has 2 rings (SSSR count). The summed E-state index contributed by atoms with van der Waals surface area (Å²) in [4.78, 5) is 2.06. The standard InChI is InChI=1S/C10H10IN3O/c1-14(6-10-13-12-7-15-10)9-4-2-8(11)3-5-9/h2-5,7H,6H2,1H3. The molecule has 0 aliphatic carbocycles. The minimum atomic E-state index is 0.621. The average Bonchev–Trinajstić information content (AvgIpc) is 2.71. The molecule has 0 saturated carbocycles. The Morgan fingerprint density at radius 3 is 2.67 bits per heavy atom. The molecule has 15 heavy (non-hydrogen) atoms.